The molecule has 0 radical (unpaired) electrons. The third kappa shape index (κ3) is 3.38. The highest BCUT2D eigenvalue weighted by Gasteiger charge is 2.27. The minimum atomic E-state index is -1.09. The number of ether oxygens (including phenoxy) is 1. The molecular formula is C24H19NO4. The Kier molecular flexibility index (Phi) is 4.87. The third-order valence-corrected chi connectivity index (χ3v) is 4.87. The number of aromatic nitrogens is 1. The lowest BCUT2D eigenvalue weighted by Crippen LogP contribution is -2.07. The maximum absolute atomic E-state index is 13.2. The van der Waals surface area contributed by atoms with Crippen LogP contribution >= 0.6 is 0 Å². The Morgan fingerprint density at radius 3 is 2.24 bits per heavy atom. The molecule has 0 bridgehead atoms. The highest BCUT2D eigenvalue weighted by molar-refractivity contribution is 6.13. The van der Waals surface area contributed by atoms with Gasteiger partial charge in [-0.25, -0.2) is 4.79 Å². The molecule has 0 fully saturated rings. The molecule has 5 heteroatoms. The van der Waals surface area contributed by atoms with Crippen LogP contribution in [0.2, 0.25) is 0 Å². The van der Waals surface area contributed by atoms with Crippen LogP contribution in [0.4, 0.5) is 0 Å². The molecule has 1 N–H and O–H groups in total. The largest absolute Gasteiger partial charge is 0.487 e. The van der Waals surface area contributed by atoms with E-state index in [1.807, 2.05) is 36.4 Å². The second kappa shape index (κ2) is 7.64. The standard InChI is InChI=1S/C24H19NO4/c1-16-20(24(27)28)22-19(29-15-17-9-4-2-5-10-17)13-8-14-25(22)21(16)23(26)18-11-6-3-7-12-18/h2-14H,15H2,1H3,(H,27,28). The Morgan fingerprint density at radius 2 is 1.59 bits per heavy atom. The van der Waals surface area contributed by atoms with Crippen molar-refractivity contribution in [1.29, 1.82) is 0 Å². The Morgan fingerprint density at radius 1 is 0.931 bits per heavy atom. The predicted molar refractivity (Wildman–Crippen MR) is 110 cm³/mol. The molecule has 0 amide bonds. The molecule has 5 nitrogen and oxygen atoms in total. The monoisotopic (exact) mass is 385 g/mol. The van der Waals surface area contributed by atoms with Crippen molar-refractivity contribution in [2.45, 2.75) is 13.5 Å². The van der Waals surface area contributed by atoms with Gasteiger partial charge in [0.25, 0.3) is 0 Å². The van der Waals surface area contributed by atoms with Gasteiger partial charge in [-0.15, -0.1) is 0 Å². The van der Waals surface area contributed by atoms with Crippen molar-refractivity contribution in [3.05, 3.63) is 107 Å². The van der Waals surface area contributed by atoms with Gasteiger partial charge in [-0.1, -0.05) is 60.7 Å². The van der Waals surface area contributed by atoms with Crippen LogP contribution in [0.5, 0.6) is 5.75 Å². The second-order valence-corrected chi connectivity index (χ2v) is 6.71. The predicted octanol–water partition coefficient (Wildman–Crippen LogP) is 4.76. The quantitative estimate of drug-likeness (QED) is 0.486. The van der Waals surface area contributed by atoms with Crippen LogP contribution in [0.15, 0.2) is 79.0 Å². The molecule has 4 aromatic rings. The summed E-state index contributed by atoms with van der Waals surface area (Å²) < 4.78 is 7.57. The molecule has 0 spiro atoms. The minimum absolute atomic E-state index is 0.0768. The number of aromatic carboxylic acids is 1. The van der Waals surface area contributed by atoms with E-state index in [9.17, 15) is 14.7 Å². The fraction of sp³-hybridized carbons (Fsp3) is 0.0833. The number of fused-ring (bicyclic) bond motifs is 1. The van der Waals surface area contributed by atoms with Crippen molar-refractivity contribution in [1.82, 2.24) is 4.40 Å². The van der Waals surface area contributed by atoms with E-state index in [4.69, 9.17) is 4.74 Å². The van der Waals surface area contributed by atoms with Crippen LogP contribution in [0, 0.1) is 6.92 Å². The molecule has 0 aliphatic carbocycles. The molecule has 0 aliphatic heterocycles. The van der Waals surface area contributed by atoms with Gasteiger partial charge in [-0.3, -0.25) is 4.79 Å². The molecule has 4 rings (SSSR count). The first-order valence-corrected chi connectivity index (χ1v) is 9.21. The van der Waals surface area contributed by atoms with Gasteiger partial charge in [0.15, 0.2) is 0 Å². The molecule has 0 saturated heterocycles. The van der Waals surface area contributed by atoms with Crippen molar-refractivity contribution in [3.8, 4) is 5.75 Å². The number of benzene rings is 2. The molecule has 0 saturated carbocycles. The van der Waals surface area contributed by atoms with Crippen LogP contribution in [-0.2, 0) is 6.61 Å². The highest BCUT2D eigenvalue weighted by Crippen LogP contribution is 2.32. The van der Waals surface area contributed by atoms with Gasteiger partial charge in [0.05, 0.1) is 11.3 Å². The molecule has 0 unspecified atom stereocenters. The summed E-state index contributed by atoms with van der Waals surface area (Å²) >= 11 is 0. The molecule has 2 heterocycles. The molecule has 2 aromatic carbocycles. The first-order chi connectivity index (χ1) is 14.1. The number of carboxylic acid groups (broad SMARTS) is 1. The van der Waals surface area contributed by atoms with E-state index < -0.39 is 5.97 Å². The van der Waals surface area contributed by atoms with Crippen LogP contribution < -0.4 is 4.74 Å². The Bertz CT molecular complexity index is 1190. The van der Waals surface area contributed by atoms with E-state index in [2.05, 4.69) is 0 Å². The zero-order valence-electron chi connectivity index (χ0n) is 15.8. The zero-order valence-corrected chi connectivity index (χ0v) is 15.8. The smallest absolute Gasteiger partial charge is 0.338 e. The maximum atomic E-state index is 13.2. The summed E-state index contributed by atoms with van der Waals surface area (Å²) in [7, 11) is 0. The molecule has 144 valence electrons. The van der Waals surface area contributed by atoms with Gasteiger partial charge in [-0.2, -0.15) is 0 Å². The number of nitrogens with zero attached hydrogens (tertiary/aromatic N) is 1. The van der Waals surface area contributed by atoms with E-state index in [1.165, 1.54) is 0 Å². The van der Waals surface area contributed by atoms with E-state index >= 15 is 0 Å². The average molecular weight is 385 g/mol. The van der Waals surface area contributed by atoms with Crippen molar-refractivity contribution in [2.75, 3.05) is 0 Å². The number of hydrogen-bond acceptors (Lipinski definition) is 3. The van der Waals surface area contributed by atoms with Gasteiger partial charge < -0.3 is 14.2 Å². The Balaban J connectivity index is 1.85. The van der Waals surface area contributed by atoms with Crippen LogP contribution in [-0.4, -0.2) is 21.3 Å². The average Bonchev–Trinajstić information content (AvgIpc) is 3.05. The summed E-state index contributed by atoms with van der Waals surface area (Å²) in [5.41, 5.74) is 2.68. The van der Waals surface area contributed by atoms with Crippen molar-refractivity contribution >= 4 is 17.3 Å². The number of ketones is 1. The van der Waals surface area contributed by atoms with E-state index in [1.54, 1.807) is 53.9 Å². The molecule has 2 aromatic heterocycles. The summed E-state index contributed by atoms with van der Waals surface area (Å²) in [6.45, 7) is 1.96. The molecule has 0 aliphatic rings. The van der Waals surface area contributed by atoms with Crippen LogP contribution in [0.25, 0.3) is 5.52 Å². The molecule has 29 heavy (non-hydrogen) atoms. The normalized spacial score (nSPS) is 10.8. The van der Waals surface area contributed by atoms with Gasteiger partial charge in [0.2, 0.25) is 5.78 Å². The first-order valence-electron chi connectivity index (χ1n) is 9.21. The topological polar surface area (TPSA) is 68.0 Å². The van der Waals surface area contributed by atoms with Gasteiger partial charge in [0.1, 0.15) is 17.9 Å². The lowest BCUT2D eigenvalue weighted by atomic mass is 10.0. The van der Waals surface area contributed by atoms with Crippen LogP contribution in [0.3, 0.4) is 0 Å². The third-order valence-electron chi connectivity index (χ3n) is 4.87. The van der Waals surface area contributed by atoms with E-state index in [-0.39, 0.29) is 11.3 Å². The number of carboxylic acids is 1. The maximum Gasteiger partial charge on any atom is 0.338 e. The van der Waals surface area contributed by atoms with Gasteiger partial charge in [-0.05, 0) is 30.2 Å². The summed E-state index contributed by atoms with van der Waals surface area (Å²) in [5, 5.41) is 9.86. The number of carbonyl (C=O) groups is 2. The molecule has 0 atom stereocenters. The fourth-order valence-corrected chi connectivity index (χ4v) is 3.51. The Labute approximate surface area is 167 Å². The van der Waals surface area contributed by atoms with E-state index in [0.29, 0.717) is 34.7 Å². The number of carbonyl (C=O) groups excluding carboxylic acids is 1. The van der Waals surface area contributed by atoms with Crippen molar-refractivity contribution in [2.24, 2.45) is 0 Å². The van der Waals surface area contributed by atoms with Gasteiger partial charge in [0, 0.05) is 11.8 Å². The zero-order chi connectivity index (χ0) is 20.4. The summed E-state index contributed by atoms with van der Waals surface area (Å²) in [6, 6.07) is 21.9. The first kappa shape index (κ1) is 18.5. The summed E-state index contributed by atoms with van der Waals surface area (Å²) in [5.74, 6) is -0.905. The van der Waals surface area contributed by atoms with Crippen molar-refractivity contribution < 1.29 is 19.4 Å². The van der Waals surface area contributed by atoms with Crippen molar-refractivity contribution in [3.63, 3.8) is 0 Å². The van der Waals surface area contributed by atoms with E-state index in [0.717, 1.165) is 5.56 Å². The Hall–Kier alpha value is -3.86. The highest BCUT2D eigenvalue weighted by atomic mass is 16.5. The lowest BCUT2D eigenvalue weighted by Gasteiger charge is -2.10. The SMILES string of the molecule is Cc1c(C(=O)O)c2c(OCc3ccccc3)cccn2c1C(=O)c1ccccc1. The minimum Gasteiger partial charge on any atom is -0.487 e. The summed E-state index contributed by atoms with van der Waals surface area (Å²) in [6.07, 6.45) is 1.69. The van der Waals surface area contributed by atoms with Crippen LogP contribution in [0.1, 0.15) is 37.5 Å². The number of rotatable bonds is 6. The number of hydrogen-bond donors (Lipinski definition) is 1. The second-order valence-electron chi connectivity index (χ2n) is 6.71. The fourth-order valence-electron chi connectivity index (χ4n) is 3.51. The molecular weight excluding hydrogens is 366 g/mol. The lowest BCUT2D eigenvalue weighted by molar-refractivity contribution is 0.0698. The number of pyridine rings is 1. The van der Waals surface area contributed by atoms with Gasteiger partial charge >= 0.3 is 5.97 Å². The summed E-state index contributed by atoms with van der Waals surface area (Å²) in [4.78, 5) is 25.2.